The van der Waals surface area contributed by atoms with Gasteiger partial charge in [0.1, 0.15) is 5.75 Å². The number of methoxy groups -OCH3 is 1. The zero-order chi connectivity index (χ0) is 14.5. The molecule has 0 saturated heterocycles. The van der Waals surface area contributed by atoms with Crippen molar-refractivity contribution in [2.24, 2.45) is 3.21 Å². The van der Waals surface area contributed by atoms with Gasteiger partial charge in [0.2, 0.25) is 8.92 Å². The lowest BCUT2D eigenvalue weighted by Crippen LogP contribution is -2.05. The van der Waals surface area contributed by atoms with Crippen LogP contribution in [-0.2, 0) is 10.5 Å². The first-order chi connectivity index (χ1) is 10.3. The molecule has 0 aliphatic carbocycles. The van der Waals surface area contributed by atoms with Crippen LogP contribution in [0.15, 0.2) is 52.0 Å². The highest BCUT2D eigenvalue weighted by atomic mass is 127. The van der Waals surface area contributed by atoms with Crippen molar-refractivity contribution in [2.45, 2.75) is 5.75 Å². The molecule has 0 N–H and O–H groups in total. The summed E-state index contributed by atoms with van der Waals surface area (Å²) in [5.74, 6) is 2.49. The van der Waals surface area contributed by atoms with Crippen LogP contribution in [0.1, 0.15) is 11.1 Å². The van der Waals surface area contributed by atoms with E-state index >= 15 is 0 Å². The predicted octanol–water partition coefficient (Wildman–Crippen LogP) is 3.77. The van der Waals surface area contributed by atoms with Gasteiger partial charge in [0.05, 0.1) is 28.1 Å². The van der Waals surface area contributed by atoms with Crippen LogP contribution in [0.3, 0.4) is 0 Å². The molecule has 0 bridgehead atoms. The van der Waals surface area contributed by atoms with E-state index in [0.29, 0.717) is 0 Å². The van der Waals surface area contributed by atoms with E-state index in [4.69, 9.17) is 9.47 Å². The van der Waals surface area contributed by atoms with Gasteiger partial charge < -0.3 is 9.47 Å². The Morgan fingerprint density at radius 1 is 1.14 bits per heavy atom. The lowest BCUT2D eigenvalue weighted by atomic mass is 10.2. The monoisotopic (exact) mass is 412 g/mol. The van der Waals surface area contributed by atoms with Gasteiger partial charge in [-0.25, -0.2) is 0 Å². The molecule has 0 fully saturated rings. The van der Waals surface area contributed by atoms with Crippen molar-refractivity contribution < 1.29 is 9.47 Å². The highest BCUT2D eigenvalue weighted by molar-refractivity contribution is 14.2. The van der Waals surface area contributed by atoms with Crippen LogP contribution in [0.25, 0.3) is 0 Å². The molecule has 2 aromatic rings. The fraction of sp³-hybridized carbons (Fsp3) is 0.133. The molecule has 21 heavy (non-hydrogen) atoms. The average molecular weight is 412 g/mol. The number of ether oxygens (including phenoxy) is 2. The zero-order valence-electron chi connectivity index (χ0n) is 11.3. The first kappa shape index (κ1) is 14.5. The van der Waals surface area contributed by atoms with Crippen molar-refractivity contribution in [3.8, 4) is 5.75 Å². The van der Waals surface area contributed by atoms with Crippen LogP contribution >= 0.6 is 32.8 Å². The summed E-state index contributed by atoms with van der Waals surface area (Å²) in [6.07, 6.45) is 3.50. The minimum Gasteiger partial charge on any atom is -0.497 e. The Kier molecular flexibility index (Phi) is 4.87. The average Bonchev–Trinajstić information content (AvgIpc) is 3.03. The molecule has 0 spiro atoms. The SMILES string of the molecule is COc1ccc(CSC2=IN=C(c3ccncc3)O2)cc1. The van der Waals surface area contributed by atoms with E-state index in [1.54, 1.807) is 31.3 Å². The van der Waals surface area contributed by atoms with Crippen LogP contribution in [0, 0.1) is 0 Å². The summed E-state index contributed by atoms with van der Waals surface area (Å²) in [4.78, 5) is 4.00. The Balaban J connectivity index is 1.54. The smallest absolute Gasteiger partial charge is 0.233 e. The number of rotatable bonds is 5. The van der Waals surface area contributed by atoms with Crippen molar-refractivity contribution in [2.75, 3.05) is 7.11 Å². The van der Waals surface area contributed by atoms with Gasteiger partial charge in [-0.15, -0.1) is 0 Å². The number of pyridine rings is 1. The molecule has 4 nitrogen and oxygen atoms in total. The summed E-state index contributed by atoms with van der Waals surface area (Å²) in [5, 5.41) is 0. The van der Waals surface area contributed by atoms with E-state index in [1.165, 1.54) is 5.56 Å². The summed E-state index contributed by atoms with van der Waals surface area (Å²) >= 11 is 1.32. The largest absolute Gasteiger partial charge is 0.497 e. The summed E-state index contributed by atoms with van der Waals surface area (Å²) < 4.78 is 16.6. The Morgan fingerprint density at radius 2 is 1.90 bits per heavy atom. The molecule has 1 aliphatic rings. The first-order valence-electron chi connectivity index (χ1n) is 6.28. The van der Waals surface area contributed by atoms with Crippen molar-refractivity contribution in [3.05, 3.63) is 59.9 Å². The molecule has 0 atom stereocenters. The second-order valence-electron chi connectivity index (χ2n) is 4.19. The maximum absolute atomic E-state index is 5.84. The molecule has 0 radical (unpaired) electrons. The van der Waals surface area contributed by atoms with Gasteiger partial charge in [0.25, 0.3) is 0 Å². The molecule has 1 aromatic carbocycles. The summed E-state index contributed by atoms with van der Waals surface area (Å²) in [5.41, 5.74) is 2.24. The van der Waals surface area contributed by atoms with Gasteiger partial charge in [-0.05, 0) is 29.8 Å². The topological polar surface area (TPSA) is 43.7 Å². The number of nitrogens with zero attached hydrogens (tertiary/aromatic N) is 2. The quantitative estimate of drug-likeness (QED) is 0.702. The Bertz CT molecular complexity index is 672. The Labute approximate surface area is 137 Å². The zero-order valence-corrected chi connectivity index (χ0v) is 14.3. The number of aromatic nitrogens is 1. The number of hydrogen-bond acceptors (Lipinski definition) is 5. The lowest BCUT2D eigenvalue weighted by Gasteiger charge is -2.05. The van der Waals surface area contributed by atoms with Gasteiger partial charge in [0, 0.05) is 23.7 Å². The van der Waals surface area contributed by atoms with Crippen LogP contribution in [0.5, 0.6) is 5.75 Å². The van der Waals surface area contributed by atoms with Crippen molar-refractivity contribution >= 4 is 41.7 Å². The maximum Gasteiger partial charge on any atom is 0.233 e. The third-order valence-electron chi connectivity index (χ3n) is 2.80. The molecule has 3 rings (SSSR count). The van der Waals surface area contributed by atoms with E-state index in [-0.39, 0.29) is 0 Å². The lowest BCUT2D eigenvalue weighted by molar-refractivity contribution is 0.414. The highest BCUT2D eigenvalue weighted by Gasteiger charge is 2.15. The van der Waals surface area contributed by atoms with Crippen LogP contribution in [-0.4, -0.2) is 21.0 Å². The van der Waals surface area contributed by atoms with Gasteiger partial charge in [-0.3, -0.25) is 4.98 Å². The summed E-state index contributed by atoms with van der Waals surface area (Å²) in [6, 6.07) is 11.9. The Hall–Kier alpha value is -1.41. The van der Waals surface area contributed by atoms with Crippen LogP contribution in [0.2, 0.25) is 0 Å². The van der Waals surface area contributed by atoms with Crippen molar-refractivity contribution in [1.82, 2.24) is 4.98 Å². The molecule has 0 unspecified atom stereocenters. The van der Waals surface area contributed by atoms with Crippen molar-refractivity contribution in [3.63, 3.8) is 0 Å². The molecule has 0 amide bonds. The highest BCUT2D eigenvalue weighted by Crippen LogP contribution is 2.27. The van der Waals surface area contributed by atoms with Gasteiger partial charge in [-0.1, -0.05) is 23.9 Å². The normalized spacial score (nSPS) is 13.8. The van der Waals surface area contributed by atoms with E-state index in [0.717, 1.165) is 26.0 Å². The minimum absolute atomic E-state index is 0.397. The minimum atomic E-state index is -0.397. The Morgan fingerprint density at radius 3 is 2.62 bits per heavy atom. The number of hydrogen-bond donors (Lipinski definition) is 0. The standard InChI is InChI=1S/C15H13IN2O2S/c1-19-13-4-2-11(3-5-13)10-21-15-16-18-14(20-15)12-6-8-17-9-7-12/h2-9H,10H2,1H3. The van der Waals surface area contributed by atoms with E-state index in [2.05, 4.69) is 20.3 Å². The van der Waals surface area contributed by atoms with E-state index in [1.807, 2.05) is 24.3 Å². The predicted molar refractivity (Wildman–Crippen MR) is 95.2 cm³/mol. The molecule has 1 aliphatic heterocycles. The van der Waals surface area contributed by atoms with Gasteiger partial charge in [0.15, 0.2) is 0 Å². The van der Waals surface area contributed by atoms with Gasteiger partial charge >= 0.3 is 0 Å². The second-order valence-corrected chi connectivity index (χ2v) is 7.81. The molecular weight excluding hydrogens is 399 g/mol. The maximum atomic E-state index is 5.84. The molecule has 108 valence electrons. The first-order valence-corrected chi connectivity index (χ1v) is 9.31. The summed E-state index contributed by atoms with van der Waals surface area (Å²) in [7, 11) is 1.67. The third kappa shape index (κ3) is 3.82. The van der Waals surface area contributed by atoms with Gasteiger partial charge in [-0.2, -0.15) is 3.21 Å². The van der Waals surface area contributed by atoms with E-state index < -0.39 is 21.0 Å². The molecular formula is C15H13IN2O2S. The van der Waals surface area contributed by atoms with Crippen LogP contribution < -0.4 is 4.74 Å². The second kappa shape index (κ2) is 7.04. The molecule has 1 aromatic heterocycles. The number of thioether (sulfide) groups is 1. The molecule has 2 heterocycles. The molecule has 6 heteroatoms. The number of benzene rings is 1. The van der Waals surface area contributed by atoms with E-state index in [9.17, 15) is 0 Å². The number of halogens is 1. The fourth-order valence-corrected chi connectivity index (χ4v) is 4.58. The third-order valence-corrected chi connectivity index (χ3v) is 6.28. The van der Waals surface area contributed by atoms with Crippen LogP contribution in [0.4, 0.5) is 0 Å². The fourth-order valence-electron chi connectivity index (χ4n) is 1.70. The molecule has 0 saturated carbocycles. The summed E-state index contributed by atoms with van der Waals surface area (Å²) in [6.45, 7) is 0. The van der Waals surface area contributed by atoms with Crippen molar-refractivity contribution in [1.29, 1.82) is 0 Å².